The summed E-state index contributed by atoms with van der Waals surface area (Å²) in [4.78, 5) is 0. The Morgan fingerprint density at radius 1 is 0.562 bits per heavy atom. The highest BCUT2D eigenvalue weighted by Crippen LogP contribution is 2.62. The van der Waals surface area contributed by atoms with Crippen LogP contribution in [-0.4, -0.2) is 51.3 Å². The van der Waals surface area contributed by atoms with Crippen LogP contribution in [0.25, 0.3) is 11.4 Å². The number of ether oxygens (including phenoxy) is 1. The van der Waals surface area contributed by atoms with Crippen molar-refractivity contribution < 1.29 is 4.74 Å². The third kappa shape index (κ3) is 5.52. The average Bonchev–Trinajstić information content (AvgIpc) is 3.32. The van der Waals surface area contributed by atoms with Gasteiger partial charge in [0.1, 0.15) is 5.75 Å². The van der Waals surface area contributed by atoms with Crippen LogP contribution in [0.3, 0.4) is 0 Å². The van der Waals surface area contributed by atoms with Crippen molar-refractivity contribution in [3.63, 3.8) is 0 Å². The van der Waals surface area contributed by atoms with Crippen molar-refractivity contribution in [3.05, 3.63) is 75.8 Å². The number of nitrogens with zero attached hydrogens (tertiary/aromatic N) is 4. The number of aromatic nitrogens is 2. The Morgan fingerprint density at radius 2 is 0.896 bits per heavy atom. The van der Waals surface area contributed by atoms with E-state index in [2.05, 4.69) is 111 Å². The molecule has 3 aliphatic rings. The summed E-state index contributed by atoms with van der Waals surface area (Å²) in [5.41, 5.74) is 7.49. The van der Waals surface area contributed by atoms with Crippen molar-refractivity contribution in [1.82, 2.24) is 18.5 Å². The highest BCUT2D eigenvalue weighted by atomic mass is 79.9. The van der Waals surface area contributed by atoms with Crippen molar-refractivity contribution in [1.29, 1.82) is 0 Å². The van der Waals surface area contributed by atoms with Crippen LogP contribution >= 0.6 is 28.3 Å². The molecule has 2 unspecified atom stereocenters. The quantitative estimate of drug-likeness (QED) is 0.183. The van der Waals surface area contributed by atoms with E-state index in [0.29, 0.717) is 6.61 Å². The molecule has 7 rings (SSSR count). The van der Waals surface area contributed by atoms with E-state index >= 15 is 0 Å². The van der Waals surface area contributed by atoms with Gasteiger partial charge in [0.15, 0.2) is 0 Å². The summed E-state index contributed by atoms with van der Waals surface area (Å²) >= 11 is 18.5. The molecule has 2 aromatic heterocycles. The Kier molecular flexibility index (Phi) is 10.1. The van der Waals surface area contributed by atoms with Crippen molar-refractivity contribution >= 4 is 73.1 Å². The summed E-state index contributed by atoms with van der Waals surface area (Å²) in [6.45, 7) is 16.3. The maximum absolute atomic E-state index is 7.41. The third-order valence-corrected chi connectivity index (χ3v) is 22.3. The van der Waals surface area contributed by atoms with Gasteiger partial charge in [0.05, 0.1) is 19.0 Å². The fourth-order valence-electron chi connectivity index (χ4n) is 8.75. The summed E-state index contributed by atoms with van der Waals surface area (Å²) in [5.74, 6) is 0.905. The predicted octanol–water partition coefficient (Wildman–Crippen LogP) is 8.42. The van der Waals surface area contributed by atoms with Gasteiger partial charge in [-0.2, -0.15) is 0 Å². The smallest absolute Gasteiger partial charge is 0.119 e. The van der Waals surface area contributed by atoms with Crippen LogP contribution in [0.5, 0.6) is 5.75 Å². The molecule has 10 heteroatoms. The molecular formula is C38H49BrN4OP2S2. The molecule has 5 nitrogen and oxygen atoms in total. The number of hydrogen-bond acceptors (Lipinski definition) is 3. The molecule has 0 spiro atoms. The van der Waals surface area contributed by atoms with Gasteiger partial charge in [-0.3, -0.25) is 9.34 Å². The molecule has 48 heavy (non-hydrogen) atoms. The lowest BCUT2D eigenvalue weighted by Gasteiger charge is -2.45. The van der Waals surface area contributed by atoms with Gasteiger partial charge in [-0.1, -0.05) is 65.2 Å². The maximum Gasteiger partial charge on any atom is 0.119 e. The summed E-state index contributed by atoms with van der Waals surface area (Å²) < 4.78 is 17.5. The van der Waals surface area contributed by atoms with E-state index in [9.17, 15) is 0 Å². The number of benzene rings is 2. The van der Waals surface area contributed by atoms with Crippen molar-refractivity contribution in [2.24, 2.45) is 0 Å². The van der Waals surface area contributed by atoms with Crippen LogP contribution in [0.1, 0.15) is 81.1 Å². The average molecular weight is 784 g/mol. The van der Waals surface area contributed by atoms with Crippen molar-refractivity contribution in [2.75, 3.05) is 32.8 Å². The van der Waals surface area contributed by atoms with E-state index in [1.54, 1.807) is 0 Å². The van der Waals surface area contributed by atoms with E-state index in [0.717, 1.165) is 42.1 Å². The fourth-order valence-corrected chi connectivity index (χ4v) is 22.4. The monoisotopic (exact) mass is 782 g/mol. The zero-order valence-corrected chi connectivity index (χ0v) is 34.1. The van der Waals surface area contributed by atoms with E-state index in [1.165, 1.54) is 101 Å². The summed E-state index contributed by atoms with van der Waals surface area (Å²) in [5, 5.41) is 5.63. The number of rotatable bonds is 6. The Morgan fingerprint density at radius 3 is 1.23 bits per heavy atom. The summed E-state index contributed by atoms with van der Waals surface area (Å²) in [7, 11) is 0. The predicted molar refractivity (Wildman–Crippen MR) is 217 cm³/mol. The number of halogens is 1. The standard InChI is InChI=1S/C38H49BrN4OP2S2/c1-6-44-34-21-19-33(20-22-34)43-29(4)37-38(30(43)5)46(48,41-25-13-9-10-14-26-41)36-28(3)42(32-17-15-31(39)16-18-32)27(2)35(36)45(37,47)40-23-11-7-8-12-24-40/h15-22H,6-14,23-26H2,1-5H3. The van der Waals surface area contributed by atoms with Crippen LogP contribution in [0.2, 0.25) is 0 Å². The first kappa shape index (κ1) is 34.9. The molecule has 2 fully saturated rings. The van der Waals surface area contributed by atoms with E-state index < -0.39 is 12.4 Å². The van der Waals surface area contributed by atoms with E-state index in [-0.39, 0.29) is 0 Å². The van der Waals surface area contributed by atoms with Gasteiger partial charge in [0, 0.05) is 86.0 Å². The van der Waals surface area contributed by atoms with Crippen molar-refractivity contribution in [2.45, 2.75) is 86.0 Å². The van der Waals surface area contributed by atoms with Gasteiger partial charge in [-0.15, -0.1) is 0 Å². The number of fused-ring (bicyclic) bond motifs is 2. The normalized spacial score (nSPS) is 23.7. The molecule has 2 aromatic carbocycles. The molecule has 0 radical (unpaired) electrons. The lowest BCUT2D eigenvalue weighted by Crippen LogP contribution is -2.52. The minimum atomic E-state index is -2.47. The molecule has 0 aliphatic carbocycles. The largest absolute Gasteiger partial charge is 0.494 e. The van der Waals surface area contributed by atoms with Gasteiger partial charge in [-0.25, -0.2) is 0 Å². The van der Waals surface area contributed by atoms with E-state index in [1.807, 2.05) is 6.92 Å². The fraction of sp³-hybridized carbons (Fsp3) is 0.474. The van der Waals surface area contributed by atoms with E-state index in [4.69, 9.17) is 28.4 Å². The molecule has 2 atom stereocenters. The highest BCUT2D eigenvalue weighted by molar-refractivity contribution is 9.10. The minimum Gasteiger partial charge on any atom is -0.494 e. The molecule has 2 saturated heterocycles. The highest BCUT2D eigenvalue weighted by Gasteiger charge is 2.52. The number of hydrogen-bond donors (Lipinski definition) is 0. The third-order valence-electron chi connectivity index (χ3n) is 10.8. The lowest BCUT2D eigenvalue weighted by molar-refractivity contribution is 0.340. The molecule has 0 N–H and O–H groups in total. The van der Waals surface area contributed by atoms with Gasteiger partial charge in [0.2, 0.25) is 0 Å². The molecule has 0 saturated carbocycles. The Balaban J connectivity index is 1.59. The van der Waals surface area contributed by atoms with Crippen LogP contribution in [-0.2, 0) is 23.6 Å². The zero-order valence-electron chi connectivity index (χ0n) is 29.1. The minimum absolute atomic E-state index is 0.660. The first-order valence-corrected chi connectivity index (χ1v) is 24.1. The van der Waals surface area contributed by atoms with Crippen LogP contribution < -0.4 is 26.0 Å². The molecule has 256 valence electrons. The molecule has 3 aliphatic heterocycles. The zero-order chi connectivity index (χ0) is 33.8. The second-order valence-electron chi connectivity index (χ2n) is 13.7. The Labute approximate surface area is 306 Å². The SMILES string of the molecule is CCOc1ccc(-n2c(C)c3c(c2C)P(=S)(N2CCCCCC2)c2c(c(C)n(-c4ccc(Br)cc4)c2C)P3(=S)N2CCCCCC2)cc1. The van der Waals surface area contributed by atoms with Crippen molar-refractivity contribution in [3.8, 4) is 17.1 Å². The molecule has 0 bridgehead atoms. The van der Waals surface area contributed by atoms with Gasteiger partial charge < -0.3 is 13.9 Å². The second-order valence-corrected chi connectivity index (χ2v) is 23.0. The first-order valence-electron chi connectivity index (χ1n) is 17.8. The maximum atomic E-state index is 7.41. The van der Waals surface area contributed by atoms with Crippen LogP contribution in [0.4, 0.5) is 0 Å². The Hall–Kier alpha value is -1.50. The molecule has 4 aromatic rings. The van der Waals surface area contributed by atoms with Gasteiger partial charge >= 0.3 is 0 Å². The molecular weight excluding hydrogens is 734 g/mol. The molecule has 0 amide bonds. The van der Waals surface area contributed by atoms with Crippen LogP contribution in [0, 0.1) is 27.7 Å². The summed E-state index contributed by atoms with van der Waals surface area (Å²) in [6.07, 6.45) is 4.97. The lowest BCUT2D eigenvalue weighted by atomic mass is 10.2. The topological polar surface area (TPSA) is 25.6 Å². The van der Waals surface area contributed by atoms with Gasteiger partial charge in [0.25, 0.3) is 0 Å². The summed E-state index contributed by atoms with van der Waals surface area (Å²) in [6, 6.07) is 17.4. The van der Waals surface area contributed by atoms with Crippen LogP contribution in [0.15, 0.2) is 53.0 Å². The Bertz CT molecular complexity index is 1830. The molecule has 5 heterocycles. The second kappa shape index (κ2) is 13.9. The van der Waals surface area contributed by atoms with Gasteiger partial charge in [-0.05, 0) is 109 Å². The first-order chi connectivity index (χ1) is 23.1.